The van der Waals surface area contributed by atoms with E-state index < -0.39 is 0 Å². The number of hydrogen-bond donors (Lipinski definition) is 2. The van der Waals surface area contributed by atoms with Crippen LogP contribution in [-0.4, -0.2) is 51.4 Å². The van der Waals surface area contributed by atoms with Gasteiger partial charge in [0, 0.05) is 30.4 Å². The van der Waals surface area contributed by atoms with Crippen LogP contribution < -0.4 is 10.1 Å². The summed E-state index contributed by atoms with van der Waals surface area (Å²) in [6.07, 6.45) is 3.48. The highest BCUT2D eigenvalue weighted by Crippen LogP contribution is 2.37. The highest BCUT2D eigenvalue weighted by molar-refractivity contribution is 5.89. The zero-order valence-corrected chi connectivity index (χ0v) is 16.8. The third-order valence-corrected chi connectivity index (χ3v) is 5.39. The fraction of sp³-hybridized carbons (Fsp3) is 0.381. The van der Waals surface area contributed by atoms with Crippen LogP contribution in [0.5, 0.6) is 5.75 Å². The average molecular weight is 392 g/mol. The van der Waals surface area contributed by atoms with Gasteiger partial charge in [-0.15, -0.1) is 0 Å². The lowest BCUT2D eigenvalue weighted by atomic mass is 9.98. The maximum Gasteiger partial charge on any atom is 0.197 e. The maximum absolute atomic E-state index is 5.90. The first-order chi connectivity index (χ1) is 14.2. The lowest BCUT2D eigenvalue weighted by Crippen LogP contribution is -2.33. The summed E-state index contributed by atoms with van der Waals surface area (Å²) in [5, 5.41) is 7.66. The molecule has 0 saturated carbocycles. The SMILES string of the molecule is COc1cc(-c2[nH]c3ccc(C4CNCCO4)nc3c2C(C)C)cn2ncnc12. The van der Waals surface area contributed by atoms with Gasteiger partial charge in [-0.1, -0.05) is 13.8 Å². The minimum absolute atomic E-state index is 0.0156. The van der Waals surface area contributed by atoms with E-state index in [1.54, 1.807) is 11.6 Å². The second kappa shape index (κ2) is 7.13. The first kappa shape index (κ1) is 18.1. The second-order valence-electron chi connectivity index (χ2n) is 7.59. The number of nitrogens with one attached hydrogen (secondary N) is 2. The summed E-state index contributed by atoms with van der Waals surface area (Å²) in [6.45, 7) is 6.75. The van der Waals surface area contributed by atoms with E-state index in [1.807, 2.05) is 18.3 Å². The molecule has 8 heteroatoms. The van der Waals surface area contributed by atoms with E-state index in [9.17, 15) is 0 Å². The third-order valence-electron chi connectivity index (χ3n) is 5.39. The Morgan fingerprint density at radius 3 is 2.97 bits per heavy atom. The number of H-pyrrole nitrogens is 1. The summed E-state index contributed by atoms with van der Waals surface area (Å²) in [7, 11) is 1.65. The molecule has 1 atom stereocenters. The van der Waals surface area contributed by atoms with Crippen LogP contribution in [0, 0.1) is 0 Å². The summed E-state index contributed by atoms with van der Waals surface area (Å²) in [4.78, 5) is 12.8. The highest BCUT2D eigenvalue weighted by Gasteiger charge is 2.22. The molecule has 1 saturated heterocycles. The zero-order chi connectivity index (χ0) is 20.0. The number of aromatic nitrogens is 5. The Bertz CT molecular complexity index is 1170. The van der Waals surface area contributed by atoms with Crippen LogP contribution in [0.2, 0.25) is 0 Å². The monoisotopic (exact) mass is 392 g/mol. The van der Waals surface area contributed by atoms with Gasteiger partial charge in [-0.05, 0) is 24.1 Å². The average Bonchev–Trinajstić information content (AvgIpc) is 3.37. The number of pyridine rings is 2. The standard InChI is InChI=1S/C21H24N6O2/c1-12(2)18-19(13-8-16(28-3)21-23-11-24-27(21)10-13)26-15-5-4-14(25-20(15)18)17-9-22-6-7-29-17/h4-5,8,10-12,17,22,26H,6-7,9H2,1-3H3. The Labute approximate surface area is 168 Å². The summed E-state index contributed by atoms with van der Waals surface area (Å²) in [6, 6.07) is 6.14. The first-order valence-electron chi connectivity index (χ1n) is 9.88. The number of nitrogens with zero attached hydrogens (tertiary/aromatic N) is 4. The topological polar surface area (TPSA) is 89.4 Å². The predicted molar refractivity (Wildman–Crippen MR) is 110 cm³/mol. The number of ether oxygens (including phenoxy) is 2. The Kier molecular flexibility index (Phi) is 4.44. The molecule has 0 bridgehead atoms. The normalized spacial score (nSPS) is 17.4. The van der Waals surface area contributed by atoms with Crippen molar-refractivity contribution >= 4 is 16.7 Å². The molecule has 0 amide bonds. The van der Waals surface area contributed by atoms with Gasteiger partial charge in [0.2, 0.25) is 0 Å². The van der Waals surface area contributed by atoms with Crippen molar-refractivity contribution in [1.29, 1.82) is 0 Å². The second-order valence-corrected chi connectivity index (χ2v) is 7.59. The van der Waals surface area contributed by atoms with Gasteiger partial charge in [-0.25, -0.2) is 14.5 Å². The lowest BCUT2D eigenvalue weighted by Gasteiger charge is -2.23. The molecule has 1 aliphatic rings. The number of morpholine rings is 1. The summed E-state index contributed by atoms with van der Waals surface area (Å²) in [5.41, 5.74) is 6.83. The molecular formula is C21H24N6O2. The molecule has 29 heavy (non-hydrogen) atoms. The fourth-order valence-corrected chi connectivity index (χ4v) is 4.01. The Hall–Kier alpha value is -2.97. The van der Waals surface area contributed by atoms with E-state index in [-0.39, 0.29) is 12.0 Å². The van der Waals surface area contributed by atoms with Gasteiger partial charge in [-0.3, -0.25) is 0 Å². The molecule has 1 unspecified atom stereocenters. The van der Waals surface area contributed by atoms with Crippen molar-refractivity contribution in [2.24, 2.45) is 0 Å². The zero-order valence-electron chi connectivity index (χ0n) is 16.8. The summed E-state index contributed by atoms with van der Waals surface area (Å²) < 4.78 is 13.2. The van der Waals surface area contributed by atoms with Crippen LogP contribution in [0.1, 0.15) is 37.1 Å². The van der Waals surface area contributed by atoms with E-state index in [0.29, 0.717) is 18.0 Å². The van der Waals surface area contributed by atoms with E-state index in [1.165, 1.54) is 11.9 Å². The van der Waals surface area contributed by atoms with Crippen LogP contribution >= 0.6 is 0 Å². The Morgan fingerprint density at radius 2 is 2.21 bits per heavy atom. The van der Waals surface area contributed by atoms with Crippen LogP contribution in [0.3, 0.4) is 0 Å². The van der Waals surface area contributed by atoms with E-state index in [0.717, 1.165) is 41.1 Å². The van der Waals surface area contributed by atoms with Crippen molar-refractivity contribution in [3.63, 3.8) is 0 Å². The van der Waals surface area contributed by atoms with Gasteiger partial charge in [0.15, 0.2) is 11.4 Å². The molecule has 0 aliphatic carbocycles. The van der Waals surface area contributed by atoms with Gasteiger partial charge in [0.05, 0.1) is 36.1 Å². The minimum atomic E-state index is -0.0156. The molecule has 0 radical (unpaired) electrons. The van der Waals surface area contributed by atoms with Crippen molar-refractivity contribution < 1.29 is 9.47 Å². The van der Waals surface area contributed by atoms with Crippen molar-refractivity contribution in [2.45, 2.75) is 25.9 Å². The van der Waals surface area contributed by atoms with Crippen LogP contribution in [0.25, 0.3) is 27.9 Å². The van der Waals surface area contributed by atoms with Gasteiger partial charge in [0.25, 0.3) is 0 Å². The molecule has 1 aliphatic heterocycles. The van der Waals surface area contributed by atoms with E-state index in [2.05, 4.69) is 40.3 Å². The van der Waals surface area contributed by atoms with Crippen LogP contribution in [0.15, 0.2) is 30.7 Å². The summed E-state index contributed by atoms with van der Waals surface area (Å²) >= 11 is 0. The molecule has 0 aromatic carbocycles. The molecule has 150 valence electrons. The van der Waals surface area contributed by atoms with Crippen molar-refractivity contribution in [1.82, 2.24) is 29.9 Å². The number of hydrogen-bond acceptors (Lipinski definition) is 6. The smallest absolute Gasteiger partial charge is 0.197 e. The van der Waals surface area contributed by atoms with E-state index >= 15 is 0 Å². The quantitative estimate of drug-likeness (QED) is 0.555. The molecule has 2 N–H and O–H groups in total. The Balaban J connectivity index is 1.68. The molecule has 1 fully saturated rings. The van der Waals surface area contributed by atoms with Gasteiger partial charge >= 0.3 is 0 Å². The largest absolute Gasteiger partial charge is 0.493 e. The number of fused-ring (bicyclic) bond motifs is 2. The molecule has 5 rings (SSSR count). The molecule has 5 heterocycles. The van der Waals surface area contributed by atoms with Crippen molar-refractivity contribution in [2.75, 3.05) is 26.8 Å². The number of methoxy groups -OCH3 is 1. The first-order valence-corrected chi connectivity index (χ1v) is 9.88. The molecular weight excluding hydrogens is 368 g/mol. The van der Waals surface area contributed by atoms with Crippen LogP contribution in [-0.2, 0) is 4.74 Å². The third kappa shape index (κ3) is 3.04. The predicted octanol–water partition coefficient (Wildman–Crippen LogP) is 3.07. The van der Waals surface area contributed by atoms with Crippen molar-refractivity contribution in [3.8, 4) is 17.0 Å². The molecule has 8 nitrogen and oxygen atoms in total. The highest BCUT2D eigenvalue weighted by atomic mass is 16.5. The lowest BCUT2D eigenvalue weighted by molar-refractivity contribution is 0.0252. The van der Waals surface area contributed by atoms with Gasteiger partial charge in [-0.2, -0.15) is 5.10 Å². The Morgan fingerprint density at radius 1 is 1.31 bits per heavy atom. The van der Waals surface area contributed by atoms with Gasteiger partial charge in [0.1, 0.15) is 12.4 Å². The minimum Gasteiger partial charge on any atom is -0.493 e. The molecule has 4 aromatic heterocycles. The molecule has 4 aromatic rings. The number of rotatable bonds is 4. The fourth-order valence-electron chi connectivity index (χ4n) is 4.01. The van der Waals surface area contributed by atoms with Gasteiger partial charge < -0.3 is 19.8 Å². The number of aromatic amines is 1. The van der Waals surface area contributed by atoms with Crippen molar-refractivity contribution in [3.05, 3.63) is 42.0 Å². The summed E-state index contributed by atoms with van der Waals surface area (Å²) in [5.74, 6) is 0.966. The van der Waals surface area contributed by atoms with Crippen LogP contribution in [0.4, 0.5) is 0 Å². The molecule has 0 spiro atoms. The maximum atomic E-state index is 5.90. The van der Waals surface area contributed by atoms with E-state index in [4.69, 9.17) is 14.5 Å².